The number of sulfonamides is 1. The van der Waals surface area contributed by atoms with Gasteiger partial charge in [-0.3, -0.25) is 9.59 Å². The molecular formula is C22H26FN3O6S2. The zero-order valence-corrected chi connectivity index (χ0v) is 21.1. The molecule has 12 heteroatoms. The standard InChI is InChI=1S/C22H26FN3O6S2/c1-14(2)32-9-8-26(13-27)34(29,30)22(3,31-5)21-24-18-11-16(17(23)12-19(18)33-21)15-6-7-25(4)20(28)10-15/h6-7,10-14H,8-9H2,1-5H3. The lowest BCUT2D eigenvalue weighted by Gasteiger charge is -2.30. The van der Waals surface area contributed by atoms with Crippen molar-refractivity contribution in [2.24, 2.45) is 7.05 Å². The van der Waals surface area contributed by atoms with Gasteiger partial charge in [0.2, 0.25) is 11.3 Å². The number of fused-ring (bicyclic) bond motifs is 1. The van der Waals surface area contributed by atoms with Crippen LogP contribution in [-0.4, -0.2) is 55.0 Å². The van der Waals surface area contributed by atoms with Crippen molar-refractivity contribution in [1.82, 2.24) is 13.9 Å². The zero-order chi connectivity index (χ0) is 25.3. The summed E-state index contributed by atoms with van der Waals surface area (Å²) < 4.78 is 54.7. The highest BCUT2D eigenvalue weighted by atomic mass is 32.2. The van der Waals surface area contributed by atoms with E-state index in [4.69, 9.17) is 9.47 Å². The number of pyridine rings is 1. The van der Waals surface area contributed by atoms with Crippen LogP contribution in [0.2, 0.25) is 0 Å². The minimum Gasteiger partial charge on any atom is -0.377 e. The van der Waals surface area contributed by atoms with Gasteiger partial charge in [0.15, 0.2) is 0 Å². The number of carbonyl (C=O) groups excluding carboxylic acids is 1. The average Bonchev–Trinajstić information content (AvgIpc) is 3.20. The van der Waals surface area contributed by atoms with Crippen molar-refractivity contribution >= 4 is 38.0 Å². The fraction of sp³-hybridized carbons (Fsp3) is 0.409. The van der Waals surface area contributed by atoms with Gasteiger partial charge in [-0.15, -0.1) is 11.3 Å². The van der Waals surface area contributed by atoms with Crippen LogP contribution >= 0.6 is 11.3 Å². The van der Waals surface area contributed by atoms with Gasteiger partial charge in [0.25, 0.3) is 15.6 Å². The van der Waals surface area contributed by atoms with Gasteiger partial charge in [-0.1, -0.05) is 0 Å². The fourth-order valence-corrected chi connectivity index (χ4v) is 6.00. The van der Waals surface area contributed by atoms with Gasteiger partial charge in [0, 0.05) is 32.0 Å². The maximum absolute atomic E-state index is 14.9. The van der Waals surface area contributed by atoms with Gasteiger partial charge in [0.05, 0.1) is 29.5 Å². The summed E-state index contributed by atoms with van der Waals surface area (Å²) in [6, 6.07) is 5.60. The first-order valence-corrected chi connectivity index (χ1v) is 12.6. The third-order valence-electron chi connectivity index (χ3n) is 5.35. The Morgan fingerprint density at radius 1 is 1.32 bits per heavy atom. The number of methoxy groups -OCH3 is 1. The highest BCUT2D eigenvalue weighted by molar-refractivity contribution is 7.90. The van der Waals surface area contributed by atoms with Crippen molar-refractivity contribution in [2.45, 2.75) is 31.8 Å². The van der Waals surface area contributed by atoms with E-state index in [2.05, 4.69) is 4.98 Å². The van der Waals surface area contributed by atoms with E-state index in [1.54, 1.807) is 27.0 Å². The van der Waals surface area contributed by atoms with Gasteiger partial charge in [-0.05, 0) is 44.5 Å². The van der Waals surface area contributed by atoms with Crippen LogP contribution in [0.3, 0.4) is 0 Å². The smallest absolute Gasteiger partial charge is 0.273 e. The number of hydrogen-bond donors (Lipinski definition) is 0. The second-order valence-corrected chi connectivity index (χ2v) is 11.2. The van der Waals surface area contributed by atoms with Gasteiger partial charge in [0.1, 0.15) is 10.8 Å². The fourth-order valence-electron chi connectivity index (χ4n) is 3.22. The third-order valence-corrected chi connectivity index (χ3v) is 8.93. The van der Waals surface area contributed by atoms with E-state index in [0.29, 0.717) is 20.1 Å². The van der Waals surface area contributed by atoms with Crippen LogP contribution in [0.25, 0.3) is 21.3 Å². The van der Waals surface area contributed by atoms with Crippen LogP contribution in [0.1, 0.15) is 25.8 Å². The molecule has 0 aliphatic rings. The number of ether oxygens (including phenoxy) is 2. The molecule has 0 bridgehead atoms. The number of hydrogen-bond acceptors (Lipinski definition) is 8. The van der Waals surface area contributed by atoms with Gasteiger partial charge < -0.3 is 14.0 Å². The molecule has 0 N–H and O–H groups in total. The Hall–Kier alpha value is -2.67. The SMILES string of the molecule is COC(C)(c1nc2cc(-c3ccn(C)c(=O)c3)c(F)cc2s1)S(=O)(=O)N(C=O)CCOC(C)C. The predicted molar refractivity (Wildman–Crippen MR) is 127 cm³/mol. The zero-order valence-electron chi connectivity index (χ0n) is 19.4. The molecule has 0 saturated heterocycles. The first-order valence-electron chi connectivity index (χ1n) is 10.4. The molecule has 1 unspecified atom stereocenters. The summed E-state index contributed by atoms with van der Waals surface area (Å²) >= 11 is 0.941. The Bertz CT molecular complexity index is 1370. The Labute approximate surface area is 200 Å². The number of rotatable bonds is 10. The number of benzene rings is 1. The minimum atomic E-state index is -4.37. The number of amides is 1. The Balaban J connectivity index is 2.05. The molecule has 0 aliphatic carbocycles. The number of aryl methyl sites for hydroxylation is 1. The van der Waals surface area contributed by atoms with Crippen LogP contribution in [0, 0.1) is 5.82 Å². The van der Waals surface area contributed by atoms with Crippen LogP contribution in [0.15, 0.2) is 35.3 Å². The monoisotopic (exact) mass is 511 g/mol. The quantitative estimate of drug-likeness (QED) is 0.385. The highest BCUT2D eigenvalue weighted by Gasteiger charge is 2.47. The Kier molecular flexibility index (Phi) is 7.56. The maximum atomic E-state index is 14.9. The normalized spacial score (nSPS) is 13.9. The van der Waals surface area contributed by atoms with Crippen LogP contribution < -0.4 is 5.56 Å². The van der Waals surface area contributed by atoms with Crippen LogP contribution in [-0.2, 0) is 36.3 Å². The topological polar surface area (TPSA) is 108 Å². The Morgan fingerprint density at radius 2 is 2.03 bits per heavy atom. The van der Waals surface area contributed by atoms with Crippen LogP contribution in [0.4, 0.5) is 4.39 Å². The molecule has 1 aromatic carbocycles. The molecule has 3 rings (SSSR count). The second kappa shape index (κ2) is 9.90. The van der Waals surface area contributed by atoms with Crippen molar-refractivity contribution in [1.29, 1.82) is 0 Å². The number of thiazole rings is 1. The summed E-state index contributed by atoms with van der Waals surface area (Å²) in [7, 11) is -1.59. The van der Waals surface area contributed by atoms with Crippen molar-refractivity contribution in [2.75, 3.05) is 20.3 Å². The molecule has 0 saturated carbocycles. The molecule has 0 spiro atoms. The summed E-state index contributed by atoms with van der Waals surface area (Å²) in [5.74, 6) is -0.585. The molecular weight excluding hydrogens is 485 g/mol. The van der Waals surface area contributed by atoms with Crippen LogP contribution in [0.5, 0.6) is 0 Å². The summed E-state index contributed by atoms with van der Waals surface area (Å²) in [5, 5.41) is 0.0298. The molecule has 2 aromatic heterocycles. The van der Waals surface area contributed by atoms with Crippen molar-refractivity contribution < 1.29 is 27.1 Å². The summed E-state index contributed by atoms with van der Waals surface area (Å²) in [5.41, 5.74) is 0.557. The number of aromatic nitrogens is 2. The molecule has 1 atom stereocenters. The second-order valence-electron chi connectivity index (χ2n) is 7.97. The lowest BCUT2D eigenvalue weighted by atomic mass is 10.1. The molecule has 0 aliphatic heterocycles. The minimum absolute atomic E-state index is 0.0143. The number of halogens is 1. The third kappa shape index (κ3) is 4.76. The van der Waals surface area contributed by atoms with Gasteiger partial charge >= 0.3 is 0 Å². The predicted octanol–water partition coefficient (Wildman–Crippen LogP) is 2.83. The van der Waals surface area contributed by atoms with E-state index in [0.717, 1.165) is 11.3 Å². The van der Waals surface area contributed by atoms with E-state index >= 15 is 0 Å². The van der Waals surface area contributed by atoms with Gasteiger partial charge in [-0.2, -0.15) is 0 Å². The van der Waals surface area contributed by atoms with Crippen molar-refractivity contribution in [3.8, 4) is 11.1 Å². The molecule has 3 aromatic rings. The maximum Gasteiger partial charge on any atom is 0.273 e. The van der Waals surface area contributed by atoms with Gasteiger partial charge in [-0.25, -0.2) is 22.1 Å². The molecule has 34 heavy (non-hydrogen) atoms. The van der Waals surface area contributed by atoms with Crippen molar-refractivity contribution in [3.05, 3.63) is 51.6 Å². The number of carbonyl (C=O) groups is 1. The van der Waals surface area contributed by atoms with E-state index in [1.807, 2.05) is 0 Å². The first kappa shape index (κ1) is 25.9. The molecule has 2 heterocycles. The Morgan fingerprint density at radius 3 is 2.62 bits per heavy atom. The van der Waals surface area contributed by atoms with E-state index in [-0.39, 0.29) is 41.8 Å². The molecule has 0 radical (unpaired) electrons. The lowest BCUT2D eigenvalue weighted by Crippen LogP contribution is -2.46. The van der Waals surface area contributed by atoms with E-state index in [9.17, 15) is 22.4 Å². The molecule has 9 nitrogen and oxygen atoms in total. The molecule has 0 fully saturated rings. The van der Waals surface area contributed by atoms with E-state index in [1.165, 1.54) is 43.0 Å². The summed E-state index contributed by atoms with van der Waals surface area (Å²) in [4.78, 5) is 26.0. The molecule has 1 amide bonds. The highest BCUT2D eigenvalue weighted by Crippen LogP contribution is 2.39. The summed E-state index contributed by atoms with van der Waals surface area (Å²) in [6.07, 6.45) is 1.60. The number of nitrogens with zero attached hydrogens (tertiary/aromatic N) is 3. The average molecular weight is 512 g/mol. The lowest BCUT2D eigenvalue weighted by molar-refractivity contribution is -0.115. The first-order chi connectivity index (χ1) is 15.9. The largest absolute Gasteiger partial charge is 0.377 e. The summed E-state index contributed by atoms with van der Waals surface area (Å²) in [6.45, 7) is 4.69. The molecule has 184 valence electrons. The van der Waals surface area contributed by atoms with E-state index < -0.39 is 20.8 Å². The van der Waals surface area contributed by atoms with Crippen molar-refractivity contribution in [3.63, 3.8) is 0 Å².